The predicted molar refractivity (Wildman–Crippen MR) is 107 cm³/mol. The molecule has 0 aliphatic carbocycles. The molecule has 11 heteroatoms. The molecule has 0 radical (unpaired) electrons. The summed E-state index contributed by atoms with van der Waals surface area (Å²) in [5, 5.41) is 19.2. The number of carbonyl (C=O) groups is 1. The van der Waals surface area contributed by atoms with Gasteiger partial charge in [-0.25, -0.2) is 14.4 Å². The van der Waals surface area contributed by atoms with Crippen LogP contribution in [0.5, 0.6) is 11.5 Å². The van der Waals surface area contributed by atoms with Crippen molar-refractivity contribution in [3.05, 3.63) is 53.6 Å². The molecule has 1 atom stereocenters. The Labute approximate surface area is 168 Å². The number of rotatable bonds is 1. The molecule has 1 aromatic carbocycles. The molecule has 1 aliphatic heterocycles. The molecule has 3 aromatic rings. The van der Waals surface area contributed by atoms with Gasteiger partial charge in [0.2, 0.25) is 5.60 Å². The van der Waals surface area contributed by atoms with E-state index >= 15 is 0 Å². The Balaban J connectivity index is 0.000000184. The first-order valence-corrected chi connectivity index (χ1v) is 9.13. The summed E-state index contributed by atoms with van der Waals surface area (Å²) in [5.41, 5.74) is 0.463. The van der Waals surface area contributed by atoms with Crippen molar-refractivity contribution >= 4 is 17.1 Å². The van der Waals surface area contributed by atoms with Crippen molar-refractivity contribution in [3.63, 3.8) is 0 Å². The van der Waals surface area contributed by atoms with E-state index in [9.17, 15) is 29.4 Å². The molecule has 1 aliphatic rings. The normalized spacial score (nSPS) is 17.6. The first kappa shape index (κ1) is 21.0. The molecule has 0 saturated carbocycles. The largest absolute Gasteiger partial charge is 0.507 e. The number of phenolic OH excluding ortho intramolecular Hbond substituents is 1. The van der Waals surface area contributed by atoms with Gasteiger partial charge < -0.3 is 14.9 Å². The number of ether oxygens (including phenoxy) is 1. The second kappa shape index (κ2) is 7.25. The van der Waals surface area contributed by atoms with E-state index < -0.39 is 28.5 Å². The maximum absolute atomic E-state index is 11.3. The topological polar surface area (TPSA) is 181 Å². The van der Waals surface area contributed by atoms with Crippen molar-refractivity contribution in [1.29, 1.82) is 0 Å². The van der Waals surface area contributed by atoms with Crippen LogP contribution in [-0.4, -0.2) is 41.7 Å². The van der Waals surface area contributed by atoms with Crippen molar-refractivity contribution in [2.75, 3.05) is 0 Å². The molecule has 0 saturated heterocycles. The zero-order valence-electron chi connectivity index (χ0n) is 16.8. The average Bonchev–Trinajstić information content (AvgIpc) is 3.05. The molecular formula is C19H22N4O7. The first-order chi connectivity index (χ1) is 13.9. The molecule has 2 aromatic heterocycles. The molecule has 0 fully saturated rings. The third-order valence-corrected chi connectivity index (χ3v) is 5.39. The van der Waals surface area contributed by atoms with Gasteiger partial charge in [-0.2, -0.15) is 0 Å². The third-order valence-electron chi connectivity index (χ3n) is 5.39. The summed E-state index contributed by atoms with van der Waals surface area (Å²) in [6.07, 6.45) is 1.02. The summed E-state index contributed by atoms with van der Waals surface area (Å²) in [5.74, 6) is -0.0383. The summed E-state index contributed by atoms with van der Waals surface area (Å²) < 4.78 is 5.72. The minimum atomic E-state index is -1.17. The minimum absolute atomic E-state index is 0.0413. The smallest absolute Gasteiger partial charge is 0.347 e. The SMILES string of the molecule is Cc1c(C)c2c(c(C)c1O)CCC(C)(C(=O)O)O2.O=c1[nH]c(=O)c2[nH]c(=O)[nH]c2[nH]1. The summed E-state index contributed by atoms with van der Waals surface area (Å²) in [6, 6.07) is 0. The van der Waals surface area contributed by atoms with Crippen LogP contribution >= 0.6 is 0 Å². The number of phenols is 1. The van der Waals surface area contributed by atoms with Crippen molar-refractivity contribution in [3.8, 4) is 11.5 Å². The Hall–Kier alpha value is -3.76. The fourth-order valence-corrected chi connectivity index (χ4v) is 3.36. The summed E-state index contributed by atoms with van der Waals surface area (Å²) in [4.78, 5) is 52.2. The lowest BCUT2D eigenvalue weighted by atomic mass is 9.87. The molecule has 6 N–H and O–H groups in total. The molecular weight excluding hydrogens is 396 g/mol. The summed E-state index contributed by atoms with van der Waals surface area (Å²) in [6.45, 7) is 7.09. The van der Waals surface area contributed by atoms with Gasteiger partial charge >= 0.3 is 17.3 Å². The van der Waals surface area contributed by atoms with E-state index in [1.807, 2.05) is 25.8 Å². The number of nitrogens with one attached hydrogen (secondary N) is 4. The molecule has 3 heterocycles. The molecule has 0 bridgehead atoms. The zero-order valence-corrected chi connectivity index (χ0v) is 16.8. The number of fused-ring (bicyclic) bond motifs is 2. The molecule has 160 valence electrons. The van der Waals surface area contributed by atoms with Crippen LogP contribution in [0.15, 0.2) is 14.4 Å². The Morgan fingerprint density at radius 1 is 0.967 bits per heavy atom. The van der Waals surface area contributed by atoms with Crippen LogP contribution in [0.1, 0.15) is 35.6 Å². The Bertz CT molecular complexity index is 1330. The second-order valence-electron chi connectivity index (χ2n) is 7.41. The number of aliphatic carboxylic acids is 1. The standard InChI is InChI=1S/C14H18O4.C5H4N4O3/c1-7-8(2)12-10(9(3)11(7)15)5-6-14(4,18-12)13(16)17;10-3-1-2(7-4(11)6-1)8-5(12)9-3/h15H,5-6H2,1-4H3,(H,16,17);(H4,6,7,8,9,10,11,12). The number of hydrogen-bond donors (Lipinski definition) is 6. The Morgan fingerprint density at radius 2 is 1.57 bits per heavy atom. The van der Waals surface area contributed by atoms with Gasteiger partial charge in [0.25, 0.3) is 5.56 Å². The van der Waals surface area contributed by atoms with Gasteiger partial charge in [-0.15, -0.1) is 0 Å². The molecule has 1 unspecified atom stereocenters. The molecule has 30 heavy (non-hydrogen) atoms. The van der Waals surface area contributed by atoms with Crippen LogP contribution in [0.3, 0.4) is 0 Å². The maximum atomic E-state index is 11.3. The highest BCUT2D eigenvalue weighted by Gasteiger charge is 2.40. The van der Waals surface area contributed by atoms with Gasteiger partial charge in [-0.05, 0) is 50.8 Å². The predicted octanol–water partition coefficient (Wildman–Crippen LogP) is 0.719. The van der Waals surface area contributed by atoms with E-state index in [4.69, 9.17) is 4.74 Å². The lowest BCUT2D eigenvalue weighted by Crippen LogP contribution is -2.44. The van der Waals surface area contributed by atoms with Crippen LogP contribution in [0.2, 0.25) is 0 Å². The number of carboxylic acid groups (broad SMARTS) is 1. The lowest BCUT2D eigenvalue weighted by Gasteiger charge is -2.34. The molecule has 4 rings (SSSR count). The van der Waals surface area contributed by atoms with Gasteiger partial charge in [0.05, 0.1) is 0 Å². The lowest BCUT2D eigenvalue weighted by molar-refractivity contribution is -0.155. The van der Waals surface area contributed by atoms with E-state index in [2.05, 4.69) is 15.0 Å². The van der Waals surface area contributed by atoms with Crippen LogP contribution in [0.4, 0.5) is 0 Å². The zero-order chi connectivity index (χ0) is 22.4. The van der Waals surface area contributed by atoms with Crippen LogP contribution < -0.4 is 21.7 Å². The van der Waals surface area contributed by atoms with Gasteiger partial charge in [0.15, 0.2) is 0 Å². The fourth-order valence-electron chi connectivity index (χ4n) is 3.36. The Morgan fingerprint density at radius 3 is 2.17 bits per heavy atom. The van der Waals surface area contributed by atoms with Gasteiger partial charge in [0, 0.05) is 12.0 Å². The number of aromatic nitrogens is 4. The average molecular weight is 418 g/mol. The number of carboxylic acids is 1. The first-order valence-electron chi connectivity index (χ1n) is 9.13. The maximum Gasteiger partial charge on any atom is 0.347 e. The highest BCUT2D eigenvalue weighted by molar-refractivity contribution is 5.78. The second-order valence-corrected chi connectivity index (χ2v) is 7.41. The number of benzene rings is 1. The monoisotopic (exact) mass is 418 g/mol. The number of H-pyrrole nitrogens is 4. The van der Waals surface area contributed by atoms with Gasteiger partial charge in [0.1, 0.15) is 22.7 Å². The van der Waals surface area contributed by atoms with E-state index in [1.165, 1.54) is 0 Å². The molecule has 0 spiro atoms. The third kappa shape index (κ3) is 3.49. The van der Waals surface area contributed by atoms with Crippen LogP contribution in [0.25, 0.3) is 11.2 Å². The molecule has 0 amide bonds. The number of imidazole rings is 1. The van der Waals surface area contributed by atoms with Gasteiger partial charge in [-0.3, -0.25) is 24.7 Å². The highest BCUT2D eigenvalue weighted by atomic mass is 16.5. The summed E-state index contributed by atoms with van der Waals surface area (Å²) in [7, 11) is 0. The van der Waals surface area contributed by atoms with Crippen molar-refractivity contribution in [2.45, 2.75) is 46.1 Å². The van der Waals surface area contributed by atoms with Gasteiger partial charge in [-0.1, -0.05) is 0 Å². The number of hydrogen-bond acceptors (Lipinski definition) is 6. The van der Waals surface area contributed by atoms with Crippen molar-refractivity contribution in [2.24, 2.45) is 0 Å². The van der Waals surface area contributed by atoms with E-state index in [0.29, 0.717) is 18.6 Å². The van der Waals surface area contributed by atoms with E-state index in [1.54, 1.807) is 6.92 Å². The highest BCUT2D eigenvalue weighted by Crippen LogP contribution is 2.43. The minimum Gasteiger partial charge on any atom is -0.507 e. The van der Waals surface area contributed by atoms with E-state index in [-0.39, 0.29) is 16.9 Å². The fraction of sp³-hybridized carbons (Fsp3) is 0.368. The number of aromatic hydroxyl groups is 1. The van der Waals surface area contributed by atoms with Crippen LogP contribution in [-0.2, 0) is 11.2 Å². The van der Waals surface area contributed by atoms with Crippen molar-refractivity contribution in [1.82, 2.24) is 19.9 Å². The molecule has 11 nitrogen and oxygen atoms in total. The number of aromatic amines is 4. The van der Waals surface area contributed by atoms with E-state index in [0.717, 1.165) is 22.3 Å². The Kier molecular flexibility index (Phi) is 5.06. The quantitative estimate of drug-likeness (QED) is 0.336. The van der Waals surface area contributed by atoms with Crippen molar-refractivity contribution < 1.29 is 19.7 Å². The van der Waals surface area contributed by atoms with Crippen LogP contribution in [0, 0.1) is 20.8 Å². The summed E-state index contributed by atoms with van der Waals surface area (Å²) >= 11 is 0.